The molecule has 0 spiro atoms. The van der Waals surface area contributed by atoms with Crippen LogP contribution in [0.1, 0.15) is 12.5 Å². The van der Waals surface area contributed by atoms with Crippen molar-refractivity contribution in [3.05, 3.63) is 40.6 Å². The van der Waals surface area contributed by atoms with Crippen LogP contribution in [0.4, 0.5) is 4.39 Å². The molecular weight excluding hydrogens is 301 g/mol. The molecule has 0 radical (unpaired) electrons. The normalized spacial score (nSPS) is 18.7. The Balaban J connectivity index is 2.33. The van der Waals surface area contributed by atoms with Crippen LogP contribution in [0, 0.1) is 5.82 Å². The number of benzene rings is 1. The van der Waals surface area contributed by atoms with Crippen molar-refractivity contribution in [1.82, 2.24) is 4.90 Å². The van der Waals surface area contributed by atoms with Crippen molar-refractivity contribution in [3.63, 3.8) is 0 Å². The first kappa shape index (κ1) is 14.7. The fourth-order valence-electron chi connectivity index (χ4n) is 1.65. The third kappa shape index (κ3) is 2.73. The van der Waals surface area contributed by atoms with Gasteiger partial charge in [-0.2, -0.15) is 0 Å². The molecule has 4 nitrogen and oxygen atoms in total. The van der Waals surface area contributed by atoms with Gasteiger partial charge in [0.1, 0.15) is 10.1 Å². The largest absolute Gasteiger partial charge is 0.548 e. The van der Waals surface area contributed by atoms with E-state index in [1.165, 1.54) is 31.2 Å². The predicted octanol–water partition coefficient (Wildman–Crippen LogP) is 1.17. The number of hydrogen-bond donors (Lipinski definition) is 0. The average Bonchev–Trinajstić information content (AvgIpc) is 2.66. The zero-order valence-electron chi connectivity index (χ0n) is 10.3. The van der Waals surface area contributed by atoms with Gasteiger partial charge in [0.15, 0.2) is 0 Å². The number of carbonyl (C=O) groups excluding carboxylic acids is 2. The number of thioether (sulfide) groups is 1. The number of halogens is 1. The molecule has 1 aromatic carbocycles. The Morgan fingerprint density at radius 1 is 1.50 bits per heavy atom. The van der Waals surface area contributed by atoms with Gasteiger partial charge in [-0.3, -0.25) is 9.69 Å². The number of hydrogen-bond acceptors (Lipinski definition) is 5. The first-order valence-electron chi connectivity index (χ1n) is 5.64. The number of amides is 1. The van der Waals surface area contributed by atoms with Gasteiger partial charge >= 0.3 is 0 Å². The number of thiocarbonyl (C=S) groups is 1. The van der Waals surface area contributed by atoms with Crippen LogP contribution in [-0.2, 0) is 9.59 Å². The zero-order chi connectivity index (χ0) is 14.9. The van der Waals surface area contributed by atoms with Gasteiger partial charge < -0.3 is 9.90 Å². The quantitative estimate of drug-likeness (QED) is 0.619. The molecule has 1 saturated heterocycles. The number of carboxylic acids is 1. The smallest absolute Gasteiger partial charge is 0.266 e. The SMILES string of the molecule is C[C@H](C(=O)[O-])N1C(=O)/C(=C\c2ccccc2F)SC1=S. The molecule has 7 heteroatoms. The molecule has 1 heterocycles. The summed E-state index contributed by atoms with van der Waals surface area (Å²) in [5.74, 6) is -2.42. The van der Waals surface area contributed by atoms with Gasteiger partial charge in [-0.05, 0) is 19.1 Å². The van der Waals surface area contributed by atoms with Crippen LogP contribution in [0.15, 0.2) is 29.2 Å². The van der Waals surface area contributed by atoms with Crippen molar-refractivity contribution < 1.29 is 19.1 Å². The lowest BCUT2D eigenvalue weighted by atomic mass is 10.2. The summed E-state index contributed by atoms with van der Waals surface area (Å²) in [6.45, 7) is 1.31. The van der Waals surface area contributed by atoms with Gasteiger partial charge in [0.2, 0.25) is 0 Å². The van der Waals surface area contributed by atoms with E-state index in [2.05, 4.69) is 0 Å². The molecule has 104 valence electrons. The minimum Gasteiger partial charge on any atom is -0.548 e. The van der Waals surface area contributed by atoms with E-state index in [4.69, 9.17) is 12.2 Å². The van der Waals surface area contributed by atoms with E-state index >= 15 is 0 Å². The van der Waals surface area contributed by atoms with E-state index < -0.39 is 23.7 Å². The molecule has 1 fully saturated rings. The van der Waals surface area contributed by atoms with Crippen molar-refractivity contribution in [3.8, 4) is 0 Å². The van der Waals surface area contributed by atoms with Gasteiger partial charge in [0, 0.05) is 5.56 Å². The molecule has 0 aliphatic carbocycles. The summed E-state index contributed by atoms with van der Waals surface area (Å²) in [7, 11) is 0. The molecule has 20 heavy (non-hydrogen) atoms. The summed E-state index contributed by atoms with van der Waals surface area (Å²) < 4.78 is 13.7. The van der Waals surface area contributed by atoms with Crippen LogP contribution in [0.25, 0.3) is 6.08 Å². The topological polar surface area (TPSA) is 60.4 Å². The maximum atomic E-state index is 13.5. The third-order valence-corrected chi connectivity index (χ3v) is 4.07. The number of carbonyl (C=O) groups is 2. The van der Waals surface area contributed by atoms with E-state index in [9.17, 15) is 19.1 Å². The Bertz CT molecular complexity index is 630. The number of aliphatic carboxylic acids is 1. The van der Waals surface area contributed by atoms with E-state index in [0.717, 1.165) is 16.7 Å². The summed E-state index contributed by atoms with van der Waals surface area (Å²) in [5.41, 5.74) is 0.245. The lowest BCUT2D eigenvalue weighted by Gasteiger charge is -2.23. The lowest BCUT2D eigenvalue weighted by molar-refractivity contribution is -0.309. The van der Waals surface area contributed by atoms with Crippen LogP contribution in [-0.4, -0.2) is 27.1 Å². The third-order valence-electron chi connectivity index (χ3n) is 2.74. The molecule has 1 aliphatic heterocycles. The van der Waals surface area contributed by atoms with Gasteiger partial charge in [-0.15, -0.1) is 0 Å². The molecule has 1 amide bonds. The maximum Gasteiger partial charge on any atom is 0.266 e. The Labute approximate surface area is 124 Å². The monoisotopic (exact) mass is 310 g/mol. The standard InChI is InChI=1S/C13H10FNO3S2/c1-7(12(17)18)15-11(16)10(20-13(15)19)6-8-4-2-3-5-9(8)14/h2-7H,1H3,(H,17,18)/p-1/b10-6+/t7-/m1/s1. The van der Waals surface area contributed by atoms with Gasteiger partial charge in [0.25, 0.3) is 5.91 Å². The number of carboxylic acid groups (broad SMARTS) is 1. The van der Waals surface area contributed by atoms with E-state index in [0.29, 0.717) is 0 Å². The van der Waals surface area contributed by atoms with E-state index in [1.807, 2.05) is 0 Å². The van der Waals surface area contributed by atoms with Gasteiger partial charge in [-0.25, -0.2) is 4.39 Å². The van der Waals surface area contributed by atoms with Crippen molar-refractivity contribution in [2.75, 3.05) is 0 Å². The first-order valence-corrected chi connectivity index (χ1v) is 6.86. The highest BCUT2D eigenvalue weighted by molar-refractivity contribution is 8.26. The predicted molar refractivity (Wildman–Crippen MR) is 75.9 cm³/mol. The minimum absolute atomic E-state index is 0.120. The second-order valence-corrected chi connectivity index (χ2v) is 5.74. The fourth-order valence-corrected chi connectivity index (χ4v) is 3.06. The molecule has 1 atom stereocenters. The summed E-state index contributed by atoms with van der Waals surface area (Å²) in [5, 5.41) is 10.8. The highest BCUT2D eigenvalue weighted by Crippen LogP contribution is 2.34. The average molecular weight is 310 g/mol. The molecule has 0 unspecified atom stereocenters. The van der Waals surface area contributed by atoms with Crippen molar-refractivity contribution >= 4 is 46.3 Å². The van der Waals surface area contributed by atoms with E-state index in [-0.39, 0.29) is 14.8 Å². The summed E-state index contributed by atoms with van der Waals surface area (Å²) in [6, 6.07) is 4.81. The highest BCUT2D eigenvalue weighted by Gasteiger charge is 2.35. The molecule has 1 aliphatic rings. The Morgan fingerprint density at radius 2 is 2.15 bits per heavy atom. The maximum absolute atomic E-state index is 13.5. The van der Waals surface area contributed by atoms with Crippen LogP contribution >= 0.6 is 24.0 Å². The van der Waals surface area contributed by atoms with Crippen LogP contribution < -0.4 is 5.11 Å². The number of nitrogens with zero attached hydrogens (tertiary/aromatic N) is 1. The minimum atomic E-state index is -1.39. The van der Waals surface area contributed by atoms with Crippen LogP contribution in [0.3, 0.4) is 0 Å². The van der Waals surface area contributed by atoms with Crippen LogP contribution in [0.5, 0.6) is 0 Å². The van der Waals surface area contributed by atoms with Crippen molar-refractivity contribution in [2.24, 2.45) is 0 Å². The highest BCUT2D eigenvalue weighted by atomic mass is 32.2. The molecule has 1 aromatic rings. The summed E-state index contributed by atoms with van der Waals surface area (Å²) in [6.07, 6.45) is 1.36. The summed E-state index contributed by atoms with van der Waals surface area (Å²) >= 11 is 5.92. The number of rotatable bonds is 3. The second-order valence-electron chi connectivity index (χ2n) is 4.07. The first-order chi connectivity index (χ1) is 9.41. The molecule has 0 bridgehead atoms. The fraction of sp³-hybridized carbons (Fsp3) is 0.154. The Kier molecular flexibility index (Phi) is 4.20. The molecular formula is C13H9FNO3S2-. The molecule has 0 aromatic heterocycles. The zero-order valence-corrected chi connectivity index (χ0v) is 12.0. The molecule has 0 N–H and O–H groups in total. The van der Waals surface area contributed by atoms with Crippen molar-refractivity contribution in [1.29, 1.82) is 0 Å². The Hall–Kier alpha value is -1.73. The van der Waals surface area contributed by atoms with Crippen LogP contribution in [0.2, 0.25) is 0 Å². The molecule has 0 saturated carbocycles. The molecule has 2 rings (SSSR count). The lowest BCUT2D eigenvalue weighted by Crippen LogP contribution is -2.48. The second kappa shape index (κ2) is 5.72. The van der Waals surface area contributed by atoms with E-state index in [1.54, 1.807) is 6.07 Å². The van der Waals surface area contributed by atoms with Gasteiger partial charge in [-0.1, -0.05) is 42.2 Å². The summed E-state index contributed by atoms with van der Waals surface area (Å²) in [4.78, 5) is 24.1. The Morgan fingerprint density at radius 3 is 2.75 bits per heavy atom. The van der Waals surface area contributed by atoms with Crippen molar-refractivity contribution in [2.45, 2.75) is 13.0 Å². The van der Waals surface area contributed by atoms with Gasteiger partial charge in [0.05, 0.1) is 16.9 Å².